The van der Waals surface area contributed by atoms with E-state index in [1.807, 2.05) is 19.9 Å². The van der Waals surface area contributed by atoms with Crippen LogP contribution in [0.4, 0.5) is 0 Å². The molecule has 0 radical (unpaired) electrons. The summed E-state index contributed by atoms with van der Waals surface area (Å²) in [4.78, 5) is 0. The van der Waals surface area contributed by atoms with Crippen LogP contribution in [0.2, 0.25) is 0 Å². The Balaban J connectivity index is 0.00000123. The van der Waals surface area contributed by atoms with Gasteiger partial charge in [0.1, 0.15) is 0 Å². The van der Waals surface area contributed by atoms with Crippen LogP contribution >= 0.6 is 15.9 Å². The fourth-order valence-corrected chi connectivity index (χ4v) is 5.85. The van der Waals surface area contributed by atoms with E-state index >= 15 is 0 Å². The molecule has 7 rings (SSSR count). The number of halogens is 1. The van der Waals surface area contributed by atoms with Gasteiger partial charge >= 0.3 is 0 Å². The molecule has 0 spiro atoms. The minimum absolute atomic E-state index is 1.05. The molecule has 0 atom stereocenters. The Morgan fingerprint density at radius 1 is 0.459 bits per heavy atom. The SMILES string of the molecule is Brc1cc2cc(-c3ccc4c(c3)c3ccccc3n4-c3ccccc3)ccc2n1-c1ccccc1.CC. The third-order valence-corrected chi connectivity index (χ3v) is 7.37. The first-order valence-corrected chi connectivity index (χ1v) is 13.5. The highest BCUT2D eigenvalue weighted by atomic mass is 79.9. The van der Waals surface area contributed by atoms with Gasteiger partial charge < -0.3 is 9.13 Å². The van der Waals surface area contributed by atoms with E-state index in [-0.39, 0.29) is 0 Å². The van der Waals surface area contributed by atoms with Gasteiger partial charge in [-0.1, -0.05) is 80.6 Å². The largest absolute Gasteiger partial charge is 0.309 e. The second-order valence-corrected chi connectivity index (χ2v) is 9.64. The van der Waals surface area contributed by atoms with Crippen molar-refractivity contribution in [3.8, 4) is 22.5 Å². The maximum absolute atomic E-state index is 3.77. The standard InChI is InChI=1S/C32H21BrN2.C2H6/c33-32-21-24-19-22(15-17-29(24)35(32)26-11-5-2-6-12-26)23-16-18-31-28(20-23)27-13-7-8-14-30(27)34(31)25-9-3-1-4-10-25;1-2/h1-21H;1-2H3. The monoisotopic (exact) mass is 542 g/mol. The molecule has 0 aliphatic heterocycles. The van der Waals surface area contributed by atoms with Crippen LogP contribution in [0.25, 0.3) is 55.2 Å². The molecular formula is C34H27BrN2. The molecule has 5 aromatic carbocycles. The van der Waals surface area contributed by atoms with Crippen molar-refractivity contribution in [2.24, 2.45) is 0 Å². The maximum atomic E-state index is 3.77. The predicted molar refractivity (Wildman–Crippen MR) is 162 cm³/mol. The van der Waals surface area contributed by atoms with Crippen LogP contribution in [-0.2, 0) is 0 Å². The molecule has 2 heterocycles. The van der Waals surface area contributed by atoms with E-state index in [1.165, 1.54) is 49.5 Å². The van der Waals surface area contributed by atoms with E-state index in [9.17, 15) is 0 Å². The summed E-state index contributed by atoms with van der Waals surface area (Å²) < 4.78 is 5.65. The van der Waals surface area contributed by atoms with Crippen LogP contribution in [0.5, 0.6) is 0 Å². The Hall–Kier alpha value is -4.08. The van der Waals surface area contributed by atoms with Gasteiger partial charge in [-0.3, -0.25) is 0 Å². The number of fused-ring (bicyclic) bond motifs is 4. The van der Waals surface area contributed by atoms with Crippen LogP contribution < -0.4 is 0 Å². The van der Waals surface area contributed by atoms with Gasteiger partial charge in [-0.25, -0.2) is 0 Å². The van der Waals surface area contributed by atoms with Gasteiger partial charge in [-0.15, -0.1) is 0 Å². The summed E-state index contributed by atoms with van der Waals surface area (Å²) in [6.07, 6.45) is 0. The first-order chi connectivity index (χ1) is 18.3. The summed E-state index contributed by atoms with van der Waals surface area (Å²) in [5.41, 5.74) is 8.41. The average Bonchev–Trinajstić information content (AvgIpc) is 3.48. The van der Waals surface area contributed by atoms with Crippen LogP contribution in [0.3, 0.4) is 0 Å². The number of rotatable bonds is 3. The van der Waals surface area contributed by atoms with Crippen molar-refractivity contribution in [3.05, 3.63) is 132 Å². The molecule has 0 aliphatic carbocycles. The second kappa shape index (κ2) is 9.76. The van der Waals surface area contributed by atoms with Crippen LogP contribution in [0.1, 0.15) is 13.8 Å². The first-order valence-electron chi connectivity index (χ1n) is 12.7. The number of hydrogen-bond donors (Lipinski definition) is 0. The highest BCUT2D eigenvalue weighted by molar-refractivity contribution is 9.10. The lowest BCUT2D eigenvalue weighted by Gasteiger charge is -2.09. The van der Waals surface area contributed by atoms with Crippen molar-refractivity contribution in [3.63, 3.8) is 0 Å². The van der Waals surface area contributed by atoms with Crippen molar-refractivity contribution in [1.82, 2.24) is 9.13 Å². The summed E-state index contributed by atoms with van der Waals surface area (Å²) in [5.74, 6) is 0. The van der Waals surface area contributed by atoms with Crippen LogP contribution in [-0.4, -0.2) is 9.13 Å². The fourth-order valence-electron chi connectivity index (χ4n) is 5.21. The summed E-state index contributed by atoms with van der Waals surface area (Å²) in [6.45, 7) is 4.00. The Labute approximate surface area is 225 Å². The lowest BCUT2D eigenvalue weighted by atomic mass is 10.0. The van der Waals surface area contributed by atoms with Gasteiger partial charge in [0.2, 0.25) is 0 Å². The van der Waals surface area contributed by atoms with Gasteiger partial charge in [0, 0.05) is 27.5 Å². The summed E-state index contributed by atoms with van der Waals surface area (Å²) >= 11 is 3.77. The zero-order chi connectivity index (χ0) is 25.4. The molecule has 0 N–H and O–H groups in total. The lowest BCUT2D eigenvalue weighted by Crippen LogP contribution is -1.93. The average molecular weight is 544 g/mol. The molecule has 0 saturated carbocycles. The van der Waals surface area contributed by atoms with Gasteiger partial charge in [0.25, 0.3) is 0 Å². The summed E-state index contributed by atoms with van der Waals surface area (Å²) in [6, 6.07) is 45.5. The number of aromatic nitrogens is 2. The molecule has 0 fully saturated rings. The van der Waals surface area contributed by atoms with E-state index in [1.54, 1.807) is 0 Å². The van der Waals surface area contributed by atoms with E-state index in [4.69, 9.17) is 0 Å². The maximum Gasteiger partial charge on any atom is 0.0903 e. The van der Waals surface area contributed by atoms with E-state index in [2.05, 4.69) is 146 Å². The molecule has 0 bridgehead atoms. The number of para-hydroxylation sites is 3. The summed E-state index contributed by atoms with van der Waals surface area (Å²) in [7, 11) is 0. The zero-order valence-electron chi connectivity index (χ0n) is 20.9. The van der Waals surface area contributed by atoms with Gasteiger partial charge in [-0.2, -0.15) is 0 Å². The molecule has 0 amide bonds. The molecule has 0 unspecified atom stereocenters. The highest BCUT2D eigenvalue weighted by Crippen LogP contribution is 2.36. The Morgan fingerprint density at radius 3 is 1.70 bits per heavy atom. The number of benzene rings is 5. The van der Waals surface area contributed by atoms with Gasteiger partial charge in [-0.05, 0) is 87.7 Å². The first kappa shape index (κ1) is 23.3. The van der Waals surface area contributed by atoms with Crippen molar-refractivity contribution in [2.45, 2.75) is 13.8 Å². The Kier molecular flexibility index (Phi) is 6.15. The molecular weight excluding hydrogens is 516 g/mol. The van der Waals surface area contributed by atoms with Crippen molar-refractivity contribution in [1.29, 1.82) is 0 Å². The third-order valence-electron chi connectivity index (χ3n) is 6.79. The minimum Gasteiger partial charge on any atom is -0.309 e. The molecule has 180 valence electrons. The molecule has 37 heavy (non-hydrogen) atoms. The predicted octanol–water partition coefficient (Wildman–Crippen LogP) is 10.2. The Morgan fingerprint density at radius 2 is 1.00 bits per heavy atom. The van der Waals surface area contributed by atoms with Gasteiger partial charge in [0.05, 0.1) is 21.2 Å². The third kappa shape index (κ3) is 3.96. The zero-order valence-corrected chi connectivity index (χ0v) is 22.5. The van der Waals surface area contributed by atoms with Crippen molar-refractivity contribution >= 4 is 48.6 Å². The normalized spacial score (nSPS) is 11.1. The van der Waals surface area contributed by atoms with Crippen LogP contribution in [0.15, 0.2) is 132 Å². The van der Waals surface area contributed by atoms with E-state index in [0.717, 1.165) is 10.3 Å². The molecule has 0 saturated heterocycles. The van der Waals surface area contributed by atoms with Crippen molar-refractivity contribution in [2.75, 3.05) is 0 Å². The number of nitrogens with zero attached hydrogens (tertiary/aromatic N) is 2. The summed E-state index contributed by atoms with van der Waals surface area (Å²) in [5, 5.41) is 3.75. The van der Waals surface area contributed by atoms with Crippen molar-refractivity contribution < 1.29 is 0 Å². The lowest BCUT2D eigenvalue weighted by molar-refractivity contribution is 1.09. The van der Waals surface area contributed by atoms with E-state index < -0.39 is 0 Å². The Bertz CT molecular complexity index is 1840. The molecule has 0 aliphatic rings. The quantitative estimate of drug-likeness (QED) is 0.210. The molecule has 2 aromatic heterocycles. The minimum atomic E-state index is 1.05. The molecule has 2 nitrogen and oxygen atoms in total. The van der Waals surface area contributed by atoms with E-state index in [0.29, 0.717) is 0 Å². The highest BCUT2D eigenvalue weighted by Gasteiger charge is 2.14. The molecule has 3 heteroatoms. The molecule has 7 aromatic rings. The van der Waals surface area contributed by atoms with Gasteiger partial charge in [0.15, 0.2) is 0 Å². The number of hydrogen-bond acceptors (Lipinski definition) is 0. The smallest absolute Gasteiger partial charge is 0.0903 e. The topological polar surface area (TPSA) is 9.86 Å². The fraction of sp³-hybridized carbons (Fsp3) is 0.0588. The second-order valence-electron chi connectivity index (χ2n) is 8.83. The van der Waals surface area contributed by atoms with Crippen LogP contribution in [0, 0.1) is 0 Å².